The Balaban J connectivity index is 2.94. The van der Waals surface area contributed by atoms with Crippen LogP contribution in [-0.2, 0) is 0 Å². The van der Waals surface area contributed by atoms with Crippen LogP contribution in [-0.4, -0.2) is 10.2 Å². The van der Waals surface area contributed by atoms with Gasteiger partial charge in [-0.15, -0.1) is 0 Å². The average Bonchev–Trinajstić information content (AvgIpc) is 2.35. The SMILES string of the molecule is Cc1cccc2c(Br)n[nH]c12. The number of hydrogen-bond acceptors (Lipinski definition) is 1. The minimum atomic E-state index is 0.885. The highest BCUT2D eigenvalue weighted by molar-refractivity contribution is 9.10. The second kappa shape index (κ2) is 2.34. The van der Waals surface area contributed by atoms with Gasteiger partial charge in [-0.3, -0.25) is 5.10 Å². The Kier molecular flexibility index (Phi) is 1.46. The number of halogens is 1. The molecule has 0 fully saturated rings. The molecule has 1 aromatic carbocycles. The van der Waals surface area contributed by atoms with Crippen molar-refractivity contribution in [2.24, 2.45) is 0 Å². The number of aromatic amines is 1. The van der Waals surface area contributed by atoms with E-state index in [1.54, 1.807) is 0 Å². The number of para-hydroxylation sites is 1. The molecule has 0 spiro atoms. The smallest absolute Gasteiger partial charge is 0.135 e. The Hall–Kier alpha value is -0.830. The molecule has 0 amide bonds. The molecule has 0 radical (unpaired) electrons. The van der Waals surface area contributed by atoms with Gasteiger partial charge in [0.1, 0.15) is 4.60 Å². The maximum absolute atomic E-state index is 4.05. The normalized spacial score (nSPS) is 10.7. The monoisotopic (exact) mass is 210 g/mol. The number of nitrogens with zero attached hydrogens (tertiary/aromatic N) is 1. The van der Waals surface area contributed by atoms with Gasteiger partial charge in [0.15, 0.2) is 0 Å². The van der Waals surface area contributed by atoms with Gasteiger partial charge >= 0.3 is 0 Å². The van der Waals surface area contributed by atoms with Crippen LogP contribution in [0.25, 0.3) is 10.9 Å². The van der Waals surface area contributed by atoms with Crippen LogP contribution in [0.4, 0.5) is 0 Å². The first kappa shape index (κ1) is 6.85. The van der Waals surface area contributed by atoms with Crippen molar-refractivity contribution in [3.05, 3.63) is 28.4 Å². The van der Waals surface area contributed by atoms with E-state index in [-0.39, 0.29) is 0 Å². The largest absolute Gasteiger partial charge is 0.276 e. The topological polar surface area (TPSA) is 28.7 Å². The standard InChI is InChI=1S/C8H7BrN2/c1-5-3-2-4-6-7(5)10-11-8(6)9/h2-4H,1H3,(H,10,11). The number of benzene rings is 1. The summed E-state index contributed by atoms with van der Waals surface area (Å²) in [5, 5.41) is 8.15. The molecule has 2 rings (SSSR count). The Labute approximate surface area is 72.7 Å². The Morgan fingerprint density at radius 2 is 2.27 bits per heavy atom. The third kappa shape index (κ3) is 0.959. The van der Waals surface area contributed by atoms with E-state index in [9.17, 15) is 0 Å². The predicted octanol–water partition coefficient (Wildman–Crippen LogP) is 2.63. The van der Waals surface area contributed by atoms with Gasteiger partial charge in [0.2, 0.25) is 0 Å². The lowest BCUT2D eigenvalue weighted by Gasteiger charge is -1.91. The van der Waals surface area contributed by atoms with Gasteiger partial charge in [0.05, 0.1) is 5.52 Å². The van der Waals surface area contributed by atoms with Crippen molar-refractivity contribution in [1.82, 2.24) is 10.2 Å². The van der Waals surface area contributed by atoms with Crippen LogP contribution in [0, 0.1) is 6.92 Å². The van der Waals surface area contributed by atoms with Crippen molar-refractivity contribution in [2.45, 2.75) is 6.92 Å². The molecule has 0 saturated carbocycles. The molecule has 0 saturated heterocycles. The second-order valence-electron chi connectivity index (χ2n) is 2.51. The summed E-state index contributed by atoms with van der Waals surface area (Å²) in [6, 6.07) is 6.13. The lowest BCUT2D eigenvalue weighted by Crippen LogP contribution is -1.73. The fourth-order valence-corrected chi connectivity index (χ4v) is 1.57. The number of nitrogens with one attached hydrogen (secondary N) is 1. The van der Waals surface area contributed by atoms with Crippen molar-refractivity contribution < 1.29 is 0 Å². The number of rotatable bonds is 0. The fraction of sp³-hybridized carbons (Fsp3) is 0.125. The number of hydrogen-bond donors (Lipinski definition) is 1. The summed E-state index contributed by atoms with van der Waals surface area (Å²) in [4.78, 5) is 0. The van der Waals surface area contributed by atoms with E-state index in [1.807, 2.05) is 12.1 Å². The van der Waals surface area contributed by atoms with Crippen LogP contribution >= 0.6 is 15.9 Å². The first-order valence-corrected chi connectivity index (χ1v) is 4.17. The summed E-state index contributed by atoms with van der Waals surface area (Å²) in [5.41, 5.74) is 2.33. The number of fused-ring (bicyclic) bond motifs is 1. The van der Waals surface area contributed by atoms with Crippen molar-refractivity contribution in [1.29, 1.82) is 0 Å². The lowest BCUT2D eigenvalue weighted by molar-refractivity contribution is 1.09. The van der Waals surface area contributed by atoms with E-state index in [1.165, 1.54) is 5.56 Å². The van der Waals surface area contributed by atoms with Gasteiger partial charge in [-0.25, -0.2) is 0 Å². The maximum Gasteiger partial charge on any atom is 0.135 e. The van der Waals surface area contributed by atoms with Crippen molar-refractivity contribution in [2.75, 3.05) is 0 Å². The van der Waals surface area contributed by atoms with Gasteiger partial charge in [0, 0.05) is 5.39 Å². The van der Waals surface area contributed by atoms with E-state index in [2.05, 4.69) is 39.1 Å². The molecule has 11 heavy (non-hydrogen) atoms. The summed E-state index contributed by atoms with van der Waals surface area (Å²) in [7, 11) is 0. The summed E-state index contributed by atoms with van der Waals surface area (Å²) in [6.07, 6.45) is 0. The molecule has 2 aromatic rings. The highest BCUT2D eigenvalue weighted by Gasteiger charge is 2.02. The van der Waals surface area contributed by atoms with Crippen LogP contribution in [0.3, 0.4) is 0 Å². The lowest BCUT2D eigenvalue weighted by atomic mass is 10.2. The molecule has 1 aromatic heterocycles. The van der Waals surface area contributed by atoms with Crippen LogP contribution in [0.15, 0.2) is 22.8 Å². The quantitative estimate of drug-likeness (QED) is 0.712. The minimum absolute atomic E-state index is 0.885. The molecule has 0 unspecified atom stereocenters. The zero-order chi connectivity index (χ0) is 7.84. The zero-order valence-corrected chi connectivity index (χ0v) is 7.64. The minimum Gasteiger partial charge on any atom is -0.276 e. The molecular weight excluding hydrogens is 204 g/mol. The highest BCUT2D eigenvalue weighted by atomic mass is 79.9. The molecule has 56 valence electrons. The molecule has 0 aliphatic carbocycles. The summed E-state index contributed by atoms with van der Waals surface area (Å²) >= 11 is 3.36. The van der Waals surface area contributed by atoms with Crippen molar-refractivity contribution in [3.63, 3.8) is 0 Å². The van der Waals surface area contributed by atoms with Crippen LogP contribution in [0.2, 0.25) is 0 Å². The van der Waals surface area contributed by atoms with Crippen LogP contribution < -0.4 is 0 Å². The first-order chi connectivity index (χ1) is 5.29. The summed E-state index contributed by atoms with van der Waals surface area (Å²) in [5.74, 6) is 0. The Morgan fingerprint density at radius 3 is 3.00 bits per heavy atom. The molecule has 0 aliphatic rings. The van der Waals surface area contributed by atoms with E-state index in [0.29, 0.717) is 0 Å². The van der Waals surface area contributed by atoms with Crippen molar-refractivity contribution >= 4 is 26.8 Å². The molecule has 2 nitrogen and oxygen atoms in total. The van der Waals surface area contributed by atoms with E-state index >= 15 is 0 Å². The molecular formula is C8H7BrN2. The molecule has 3 heteroatoms. The molecule has 0 aliphatic heterocycles. The van der Waals surface area contributed by atoms with Crippen LogP contribution in [0.5, 0.6) is 0 Å². The predicted molar refractivity (Wildman–Crippen MR) is 48.5 cm³/mol. The molecule has 1 N–H and O–H groups in total. The molecule has 0 atom stereocenters. The van der Waals surface area contributed by atoms with E-state index in [0.717, 1.165) is 15.5 Å². The Bertz CT molecular complexity index is 392. The highest BCUT2D eigenvalue weighted by Crippen LogP contribution is 2.22. The van der Waals surface area contributed by atoms with Gasteiger partial charge in [0.25, 0.3) is 0 Å². The number of aryl methyl sites for hydroxylation is 1. The van der Waals surface area contributed by atoms with Crippen LogP contribution in [0.1, 0.15) is 5.56 Å². The molecule has 0 bridgehead atoms. The zero-order valence-electron chi connectivity index (χ0n) is 6.06. The van der Waals surface area contributed by atoms with Gasteiger partial charge in [-0.05, 0) is 28.4 Å². The fourth-order valence-electron chi connectivity index (χ4n) is 1.15. The summed E-state index contributed by atoms with van der Waals surface area (Å²) < 4.78 is 0.885. The maximum atomic E-state index is 4.05. The van der Waals surface area contributed by atoms with Gasteiger partial charge in [-0.1, -0.05) is 18.2 Å². The Morgan fingerprint density at radius 1 is 1.45 bits per heavy atom. The molecule has 1 heterocycles. The number of aromatic nitrogens is 2. The summed E-state index contributed by atoms with van der Waals surface area (Å²) in [6.45, 7) is 2.06. The second-order valence-corrected chi connectivity index (χ2v) is 3.26. The number of H-pyrrole nitrogens is 1. The van der Waals surface area contributed by atoms with Crippen molar-refractivity contribution in [3.8, 4) is 0 Å². The first-order valence-electron chi connectivity index (χ1n) is 3.38. The third-order valence-electron chi connectivity index (χ3n) is 1.76. The van der Waals surface area contributed by atoms with Gasteiger partial charge < -0.3 is 0 Å². The third-order valence-corrected chi connectivity index (χ3v) is 2.37. The van der Waals surface area contributed by atoms with E-state index in [4.69, 9.17) is 0 Å². The van der Waals surface area contributed by atoms with E-state index < -0.39 is 0 Å². The van der Waals surface area contributed by atoms with Gasteiger partial charge in [-0.2, -0.15) is 5.10 Å². The average molecular weight is 211 g/mol.